The van der Waals surface area contributed by atoms with Crippen molar-refractivity contribution in [1.29, 1.82) is 0 Å². The third-order valence-electron chi connectivity index (χ3n) is 5.76. The summed E-state index contributed by atoms with van der Waals surface area (Å²) in [5, 5.41) is 13.7. The molecule has 2 aromatic carbocycles. The summed E-state index contributed by atoms with van der Waals surface area (Å²) in [4.78, 5) is 6.60. The molecule has 3 heterocycles. The summed E-state index contributed by atoms with van der Waals surface area (Å²) in [5.74, 6) is 0.196. The van der Waals surface area contributed by atoms with E-state index in [1.165, 1.54) is 0 Å². The second-order valence-corrected chi connectivity index (χ2v) is 10.4. The van der Waals surface area contributed by atoms with Gasteiger partial charge in [-0.05, 0) is 85.0 Å². The average molecular weight is 506 g/mol. The molecule has 1 saturated heterocycles. The van der Waals surface area contributed by atoms with E-state index in [-0.39, 0.29) is 17.8 Å². The van der Waals surface area contributed by atoms with Gasteiger partial charge in [-0.25, -0.2) is 8.42 Å². The highest BCUT2D eigenvalue weighted by molar-refractivity contribution is 7.92. The standard InChI is InChI=1S/C25H23N5O3S2/c1-35(32,33)28-17-7-9-19(10-8-17)30-24(23(27-25(30)34)21-5-2-3-15-26-21)22-6-4-16-29(22)18-11-13-20(31)14-12-18/h2-16,23-24,28,31H,1H3,(H,27,34)/t23-,24+/m1/s1. The Morgan fingerprint density at radius 2 is 1.69 bits per heavy atom. The fraction of sp³-hybridized carbons (Fsp3) is 0.120. The summed E-state index contributed by atoms with van der Waals surface area (Å²) in [5.41, 5.74) is 3.99. The number of pyridine rings is 1. The molecule has 1 aliphatic rings. The van der Waals surface area contributed by atoms with E-state index in [0.29, 0.717) is 10.8 Å². The van der Waals surface area contributed by atoms with Crippen LogP contribution in [0.15, 0.2) is 91.3 Å². The number of aromatic nitrogens is 2. The summed E-state index contributed by atoms with van der Waals surface area (Å²) in [7, 11) is -3.38. The van der Waals surface area contributed by atoms with Crippen LogP contribution in [-0.4, -0.2) is 34.4 Å². The molecule has 8 nitrogen and oxygen atoms in total. The molecule has 0 spiro atoms. The van der Waals surface area contributed by atoms with Gasteiger partial charge in [0.2, 0.25) is 10.0 Å². The number of phenolic OH excluding ortho intramolecular Hbond substituents is 1. The Balaban J connectivity index is 1.60. The Kier molecular flexibility index (Phi) is 5.91. The molecule has 178 valence electrons. The number of aromatic hydroxyl groups is 1. The lowest BCUT2D eigenvalue weighted by atomic mass is 10.0. The number of rotatable bonds is 6. The number of benzene rings is 2. The van der Waals surface area contributed by atoms with Crippen molar-refractivity contribution >= 4 is 38.7 Å². The number of thiocarbonyl (C=S) groups is 1. The zero-order valence-electron chi connectivity index (χ0n) is 18.7. The van der Waals surface area contributed by atoms with E-state index in [1.807, 2.05) is 65.7 Å². The molecular formula is C25H23N5O3S2. The van der Waals surface area contributed by atoms with Crippen molar-refractivity contribution in [3.05, 3.63) is 103 Å². The summed E-state index contributed by atoms with van der Waals surface area (Å²) in [6.07, 6.45) is 4.84. The quantitative estimate of drug-likeness (QED) is 0.339. The first-order valence-electron chi connectivity index (χ1n) is 10.9. The number of nitrogens with one attached hydrogen (secondary N) is 2. The fourth-order valence-electron chi connectivity index (χ4n) is 4.32. The van der Waals surface area contributed by atoms with Crippen molar-refractivity contribution < 1.29 is 13.5 Å². The molecule has 0 radical (unpaired) electrons. The highest BCUT2D eigenvalue weighted by Gasteiger charge is 2.42. The van der Waals surface area contributed by atoms with Gasteiger partial charge in [-0.2, -0.15) is 0 Å². The number of anilines is 2. The maximum atomic E-state index is 11.6. The van der Waals surface area contributed by atoms with Crippen molar-refractivity contribution in [2.75, 3.05) is 15.9 Å². The van der Waals surface area contributed by atoms with Gasteiger partial charge in [-0.1, -0.05) is 6.07 Å². The zero-order chi connectivity index (χ0) is 24.6. The monoisotopic (exact) mass is 505 g/mol. The molecule has 2 aromatic heterocycles. The number of nitrogens with zero attached hydrogens (tertiary/aromatic N) is 3. The number of phenols is 1. The van der Waals surface area contributed by atoms with E-state index < -0.39 is 10.0 Å². The fourth-order valence-corrected chi connectivity index (χ4v) is 5.23. The third-order valence-corrected chi connectivity index (χ3v) is 6.68. The molecule has 4 aromatic rings. The Labute approximate surface area is 208 Å². The van der Waals surface area contributed by atoms with Gasteiger partial charge >= 0.3 is 0 Å². The molecular weight excluding hydrogens is 482 g/mol. The minimum atomic E-state index is -3.38. The van der Waals surface area contributed by atoms with Gasteiger partial charge in [0.25, 0.3) is 0 Å². The van der Waals surface area contributed by atoms with E-state index in [1.54, 1.807) is 30.5 Å². The normalized spacial score (nSPS) is 17.9. The maximum Gasteiger partial charge on any atom is 0.229 e. The van der Waals surface area contributed by atoms with Crippen LogP contribution in [0.2, 0.25) is 0 Å². The Morgan fingerprint density at radius 3 is 2.34 bits per heavy atom. The van der Waals surface area contributed by atoms with Crippen LogP contribution in [0.25, 0.3) is 5.69 Å². The van der Waals surface area contributed by atoms with Crippen molar-refractivity contribution in [1.82, 2.24) is 14.9 Å². The minimum absolute atomic E-state index is 0.196. The summed E-state index contributed by atoms with van der Waals surface area (Å²) in [6, 6.07) is 23.4. The first kappa shape index (κ1) is 22.9. The Morgan fingerprint density at radius 1 is 0.971 bits per heavy atom. The second-order valence-electron chi connectivity index (χ2n) is 8.24. The molecule has 0 unspecified atom stereocenters. The van der Waals surface area contributed by atoms with Gasteiger partial charge in [0.05, 0.1) is 18.0 Å². The SMILES string of the molecule is CS(=O)(=O)Nc1ccc(N2C(=S)N[C@H](c3ccccn3)[C@@H]2c2cccn2-c2ccc(O)cc2)cc1. The van der Waals surface area contributed by atoms with Crippen LogP contribution in [0.3, 0.4) is 0 Å². The highest BCUT2D eigenvalue weighted by Crippen LogP contribution is 2.42. The van der Waals surface area contributed by atoms with Crippen LogP contribution in [0.1, 0.15) is 23.5 Å². The van der Waals surface area contributed by atoms with Crippen molar-refractivity contribution in [2.24, 2.45) is 0 Å². The summed E-state index contributed by atoms with van der Waals surface area (Å²) in [6.45, 7) is 0. The smallest absolute Gasteiger partial charge is 0.229 e. The molecule has 3 N–H and O–H groups in total. The molecule has 0 bridgehead atoms. The molecule has 0 aliphatic carbocycles. The highest BCUT2D eigenvalue weighted by atomic mass is 32.2. The molecule has 1 aliphatic heterocycles. The Bertz CT molecular complexity index is 1450. The molecule has 10 heteroatoms. The molecule has 1 fully saturated rings. The topological polar surface area (TPSA) is 99.5 Å². The number of hydrogen-bond acceptors (Lipinski definition) is 5. The molecule has 0 amide bonds. The first-order valence-corrected chi connectivity index (χ1v) is 13.2. The van der Waals surface area contributed by atoms with Crippen LogP contribution >= 0.6 is 12.2 Å². The number of hydrogen-bond donors (Lipinski definition) is 3. The summed E-state index contributed by atoms with van der Waals surface area (Å²) < 4.78 is 27.8. The van der Waals surface area contributed by atoms with Crippen LogP contribution in [0.4, 0.5) is 11.4 Å². The zero-order valence-corrected chi connectivity index (χ0v) is 20.4. The van der Waals surface area contributed by atoms with E-state index in [0.717, 1.165) is 29.0 Å². The third kappa shape index (κ3) is 4.71. The van der Waals surface area contributed by atoms with Gasteiger partial charge < -0.3 is 19.9 Å². The van der Waals surface area contributed by atoms with Crippen LogP contribution in [0, 0.1) is 0 Å². The first-order chi connectivity index (χ1) is 16.8. The van der Waals surface area contributed by atoms with Crippen LogP contribution in [0.5, 0.6) is 5.75 Å². The average Bonchev–Trinajstić information content (AvgIpc) is 3.44. The minimum Gasteiger partial charge on any atom is -0.508 e. The lowest BCUT2D eigenvalue weighted by Gasteiger charge is -2.29. The molecule has 5 rings (SSSR count). The van der Waals surface area contributed by atoms with Crippen molar-refractivity contribution in [2.45, 2.75) is 12.1 Å². The maximum absolute atomic E-state index is 11.6. The van der Waals surface area contributed by atoms with E-state index in [9.17, 15) is 13.5 Å². The van der Waals surface area contributed by atoms with E-state index >= 15 is 0 Å². The van der Waals surface area contributed by atoms with Crippen LogP contribution in [-0.2, 0) is 10.0 Å². The lowest BCUT2D eigenvalue weighted by molar-refractivity contribution is 0.475. The Hall–Kier alpha value is -3.89. The van der Waals surface area contributed by atoms with E-state index in [2.05, 4.69) is 19.6 Å². The molecule has 2 atom stereocenters. The largest absolute Gasteiger partial charge is 0.508 e. The van der Waals surface area contributed by atoms with E-state index in [4.69, 9.17) is 12.2 Å². The summed E-state index contributed by atoms with van der Waals surface area (Å²) >= 11 is 5.78. The molecule has 0 saturated carbocycles. The predicted octanol–water partition coefficient (Wildman–Crippen LogP) is 4.13. The second kappa shape index (κ2) is 9.05. The predicted molar refractivity (Wildman–Crippen MR) is 140 cm³/mol. The number of sulfonamides is 1. The van der Waals surface area contributed by atoms with Gasteiger partial charge in [0, 0.05) is 35.1 Å². The van der Waals surface area contributed by atoms with Crippen molar-refractivity contribution in [3.8, 4) is 11.4 Å². The van der Waals surface area contributed by atoms with Gasteiger partial charge in [-0.3, -0.25) is 9.71 Å². The van der Waals surface area contributed by atoms with Gasteiger partial charge in [-0.15, -0.1) is 0 Å². The van der Waals surface area contributed by atoms with Gasteiger partial charge in [0.15, 0.2) is 5.11 Å². The van der Waals surface area contributed by atoms with Crippen molar-refractivity contribution in [3.63, 3.8) is 0 Å². The lowest BCUT2D eigenvalue weighted by Crippen LogP contribution is -2.30. The molecule has 35 heavy (non-hydrogen) atoms. The van der Waals surface area contributed by atoms with Crippen LogP contribution < -0.4 is 14.9 Å². The van der Waals surface area contributed by atoms with Gasteiger partial charge in [0.1, 0.15) is 11.8 Å².